The normalized spacial score (nSPS) is 17.9. The Balaban J connectivity index is 1.69. The van der Waals surface area contributed by atoms with Gasteiger partial charge in [-0.05, 0) is 86.2 Å². The predicted molar refractivity (Wildman–Crippen MR) is 135 cm³/mol. The summed E-state index contributed by atoms with van der Waals surface area (Å²) in [5.74, 6) is -0.320. The fraction of sp³-hybridized carbons (Fsp3) is 0.154. The van der Waals surface area contributed by atoms with E-state index in [9.17, 15) is 4.39 Å². The Morgan fingerprint density at radius 3 is 2.42 bits per heavy atom. The van der Waals surface area contributed by atoms with E-state index in [2.05, 4.69) is 34.8 Å². The molecule has 1 N–H and O–H groups in total. The van der Waals surface area contributed by atoms with Gasteiger partial charge in [0.1, 0.15) is 5.82 Å². The summed E-state index contributed by atoms with van der Waals surface area (Å²) < 4.78 is 17.1. The zero-order valence-electron chi connectivity index (χ0n) is 18.2. The molecule has 0 bridgehead atoms. The van der Waals surface area contributed by atoms with Gasteiger partial charge in [0.2, 0.25) is 0 Å². The van der Waals surface area contributed by atoms with Gasteiger partial charge in [-0.3, -0.25) is 4.98 Å². The molecule has 0 saturated carbocycles. The SMILES string of the molecule is Cc1cc([C@@H]2[C@@H](c3ccccn3)NC(=S)N2c2ccccc2F)c(C)n1-c1ccc(Cl)cc1. The van der Waals surface area contributed by atoms with Crippen LogP contribution >= 0.6 is 23.8 Å². The molecule has 166 valence electrons. The minimum absolute atomic E-state index is 0.238. The average Bonchev–Trinajstić information content (AvgIpc) is 3.31. The number of hydrogen-bond acceptors (Lipinski definition) is 2. The smallest absolute Gasteiger partial charge is 0.174 e. The highest BCUT2D eigenvalue weighted by Gasteiger charge is 2.43. The molecule has 1 saturated heterocycles. The Hall–Kier alpha value is -3.22. The summed E-state index contributed by atoms with van der Waals surface area (Å²) in [4.78, 5) is 6.46. The average molecular weight is 477 g/mol. The molecule has 1 fully saturated rings. The molecule has 2 aromatic carbocycles. The van der Waals surface area contributed by atoms with E-state index in [0.29, 0.717) is 15.8 Å². The standard InChI is InChI=1S/C26H22ClFN4S/c1-16-15-20(17(2)31(16)19-12-10-18(27)11-13-19)25-24(22-8-5-6-14-29-22)30-26(33)32(25)23-9-4-3-7-21(23)28/h3-15,24-25H,1-2H3,(H,30,33)/t24-,25-/m1/s1. The first-order valence-corrected chi connectivity index (χ1v) is 11.4. The molecule has 0 unspecified atom stereocenters. The summed E-state index contributed by atoms with van der Waals surface area (Å²) in [6, 6.07) is 21.9. The van der Waals surface area contributed by atoms with Gasteiger partial charge in [-0.2, -0.15) is 0 Å². The maximum Gasteiger partial charge on any atom is 0.174 e. The predicted octanol–water partition coefficient (Wildman–Crippen LogP) is 6.46. The van der Waals surface area contributed by atoms with Gasteiger partial charge < -0.3 is 14.8 Å². The van der Waals surface area contributed by atoms with E-state index < -0.39 is 0 Å². The lowest BCUT2D eigenvalue weighted by Gasteiger charge is -2.28. The number of halogens is 2. The first-order valence-electron chi connectivity index (χ1n) is 10.7. The van der Waals surface area contributed by atoms with Gasteiger partial charge in [0, 0.05) is 28.3 Å². The Bertz CT molecular complexity index is 1320. The van der Waals surface area contributed by atoms with Crippen LogP contribution in [0.25, 0.3) is 5.69 Å². The summed E-state index contributed by atoms with van der Waals surface area (Å²) in [7, 11) is 0. The zero-order valence-corrected chi connectivity index (χ0v) is 19.7. The van der Waals surface area contributed by atoms with Gasteiger partial charge in [-0.15, -0.1) is 0 Å². The van der Waals surface area contributed by atoms with Crippen molar-refractivity contribution in [2.24, 2.45) is 0 Å². The second kappa shape index (κ2) is 8.61. The van der Waals surface area contributed by atoms with Crippen LogP contribution in [0.4, 0.5) is 10.1 Å². The van der Waals surface area contributed by atoms with Crippen molar-refractivity contribution in [2.75, 3.05) is 4.90 Å². The van der Waals surface area contributed by atoms with Gasteiger partial charge >= 0.3 is 0 Å². The number of thiocarbonyl (C=S) groups is 1. The second-order valence-corrected chi connectivity index (χ2v) is 8.91. The molecule has 33 heavy (non-hydrogen) atoms. The Morgan fingerprint density at radius 2 is 1.73 bits per heavy atom. The van der Waals surface area contributed by atoms with Crippen molar-refractivity contribution in [3.63, 3.8) is 0 Å². The monoisotopic (exact) mass is 476 g/mol. The Morgan fingerprint density at radius 1 is 1.00 bits per heavy atom. The summed E-state index contributed by atoms with van der Waals surface area (Å²) in [5, 5.41) is 4.56. The molecule has 0 amide bonds. The summed E-state index contributed by atoms with van der Waals surface area (Å²) >= 11 is 11.8. The van der Waals surface area contributed by atoms with Crippen molar-refractivity contribution >= 4 is 34.6 Å². The third-order valence-corrected chi connectivity index (χ3v) is 6.65. The number of aryl methyl sites for hydroxylation is 1. The highest BCUT2D eigenvalue weighted by atomic mass is 35.5. The number of para-hydroxylation sites is 1. The van der Waals surface area contributed by atoms with Crippen LogP contribution in [-0.2, 0) is 0 Å². The van der Waals surface area contributed by atoms with E-state index in [0.717, 1.165) is 28.3 Å². The van der Waals surface area contributed by atoms with Gasteiger partial charge in [0.15, 0.2) is 5.11 Å². The second-order valence-electron chi connectivity index (χ2n) is 8.09. The lowest BCUT2D eigenvalue weighted by Crippen LogP contribution is -2.30. The highest BCUT2D eigenvalue weighted by molar-refractivity contribution is 7.80. The lowest BCUT2D eigenvalue weighted by atomic mass is 9.96. The molecule has 1 aliphatic heterocycles. The number of anilines is 1. The fourth-order valence-electron chi connectivity index (χ4n) is 4.65. The topological polar surface area (TPSA) is 33.1 Å². The minimum atomic E-state index is -0.320. The number of hydrogen-bond donors (Lipinski definition) is 1. The number of aromatic nitrogens is 2. The minimum Gasteiger partial charge on any atom is -0.351 e. The van der Waals surface area contributed by atoms with Crippen molar-refractivity contribution in [1.29, 1.82) is 0 Å². The van der Waals surface area contributed by atoms with Gasteiger partial charge in [-0.25, -0.2) is 4.39 Å². The van der Waals surface area contributed by atoms with Gasteiger partial charge in [0.25, 0.3) is 0 Å². The van der Waals surface area contributed by atoms with E-state index in [-0.39, 0.29) is 17.9 Å². The fourth-order valence-corrected chi connectivity index (χ4v) is 5.12. The van der Waals surface area contributed by atoms with Crippen molar-refractivity contribution in [3.05, 3.63) is 112 Å². The molecular formula is C26H22ClFN4S. The molecule has 4 aromatic rings. The van der Waals surface area contributed by atoms with E-state index >= 15 is 0 Å². The number of nitrogens with zero attached hydrogens (tertiary/aromatic N) is 3. The molecule has 2 atom stereocenters. The maximum absolute atomic E-state index is 15.0. The molecule has 5 rings (SSSR count). The summed E-state index contributed by atoms with van der Waals surface area (Å²) in [6.45, 7) is 4.14. The van der Waals surface area contributed by atoms with E-state index in [1.165, 1.54) is 6.07 Å². The van der Waals surface area contributed by atoms with Crippen LogP contribution in [-0.4, -0.2) is 14.7 Å². The van der Waals surface area contributed by atoms with E-state index in [1.807, 2.05) is 53.4 Å². The third kappa shape index (κ3) is 3.79. The molecule has 0 radical (unpaired) electrons. The zero-order chi connectivity index (χ0) is 23.1. The number of pyridine rings is 1. The number of nitrogens with one attached hydrogen (secondary N) is 1. The molecule has 3 heterocycles. The molecule has 2 aromatic heterocycles. The van der Waals surface area contributed by atoms with Crippen LogP contribution in [0.1, 0.15) is 34.7 Å². The van der Waals surface area contributed by atoms with Crippen LogP contribution in [0.15, 0.2) is 79.0 Å². The largest absolute Gasteiger partial charge is 0.351 e. The van der Waals surface area contributed by atoms with Crippen LogP contribution < -0.4 is 10.2 Å². The third-order valence-electron chi connectivity index (χ3n) is 6.08. The molecule has 4 nitrogen and oxygen atoms in total. The molecule has 7 heteroatoms. The molecule has 0 spiro atoms. The van der Waals surface area contributed by atoms with Crippen LogP contribution in [0.5, 0.6) is 0 Å². The van der Waals surface area contributed by atoms with E-state index in [4.69, 9.17) is 23.8 Å². The highest BCUT2D eigenvalue weighted by Crippen LogP contribution is 2.44. The first kappa shape index (κ1) is 21.6. The van der Waals surface area contributed by atoms with Crippen LogP contribution in [0, 0.1) is 19.7 Å². The first-order chi connectivity index (χ1) is 16.0. The van der Waals surface area contributed by atoms with Gasteiger partial charge in [-0.1, -0.05) is 29.8 Å². The lowest BCUT2D eigenvalue weighted by molar-refractivity contribution is 0.556. The van der Waals surface area contributed by atoms with Crippen molar-refractivity contribution in [2.45, 2.75) is 25.9 Å². The van der Waals surface area contributed by atoms with Crippen molar-refractivity contribution in [3.8, 4) is 5.69 Å². The molecular weight excluding hydrogens is 455 g/mol. The van der Waals surface area contributed by atoms with Crippen molar-refractivity contribution in [1.82, 2.24) is 14.9 Å². The maximum atomic E-state index is 15.0. The Kier molecular flexibility index (Phi) is 5.64. The Labute approximate surface area is 202 Å². The number of rotatable bonds is 4. The molecule has 1 aliphatic rings. The quantitative estimate of drug-likeness (QED) is 0.343. The van der Waals surface area contributed by atoms with E-state index in [1.54, 1.807) is 18.3 Å². The van der Waals surface area contributed by atoms with Gasteiger partial charge in [0.05, 0.1) is 23.5 Å². The molecule has 0 aliphatic carbocycles. The van der Waals surface area contributed by atoms with Crippen molar-refractivity contribution < 1.29 is 4.39 Å². The van der Waals surface area contributed by atoms with Crippen LogP contribution in [0.2, 0.25) is 5.02 Å². The number of benzene rings is 2. The summed E-state index contributed by atoms with van der Waals surface area (Å²) in [6.07, 6.45) is 1.76. The summed E-state index contributed by atoms with van der Waals surface area (Å²) in [5.41, 5.74) is 5.47. The van der Waals surface area contributed by atoms with Crippen LogP contribution in [0.3, 0.4) is 0 Å².